The lowest BCUT2D eigenvalue weighted by molar-refractivity contribution is 0.272. The molecule has 0 aromatic heterocycles. The lowest BCUT2D eigenvalue weighted by Gasteiger charge is -2.31. The summed E-state index contributed by atoms with van der Waals surface area (Å²) in [5.74, 6) is 1.95. The van der Waals surface area contributed by atoms with Gasteiger partial charge in [0.2, 0.25) is 0 Å². The SMILES string of the molecule is CSCCNC1CCCCC1CN. The molecule has 78 valence electrons. The number of rotatable bonds is 5. The van der Waals surface area contributed by atoms with E-state index in [-0.39, 0.29) is 0 Å². The number of nitrogens with two attached hydrogens (primary N) is 1. The van der Waals surface area contributed by atoms with Crippen LogP contribution in [-0.2, 0) is 0 Å². The third kappa shape index (κ3) is 3.88. The standard InChI is InChI=1S/C10H22N2S/c1-13-7-6-12-10-5-3-2-4-9(10)8-11/h9-10,12H,2-8,11H2,1H3. The highest BCUT2D eigenvalue weighted by molar-refractivity contribution is 7.98. The number of nitrogens with one attached hydrogen (secondary N) is 1. The first-order chi connectivity index (χ1) is 6.38. The van der Waals surface area contributed by atoms with Crippen molar-refractivity contribution in [1.29, 1.82) is 0 Å². The Kier molecular flexibility index (Phi) is 5.83. The van der Waals surface area contributed by atoms with Crippen LogP contribution < -0.4 is 11.1 Å². The molecule has 0 amide bonds. The Hall–Kier alpha value is 0.270. The second-order valence-electron chi connectivity index (χ2n) is 3.83. The van der Waals surface area contributed by atoms with E-state index in [1.54, 1.807) is 0 Å². The van der Waals surface area contributed by atoms with Crippen LogP contribution in [0.15, 0.2) is 0 Å². The first-order valence-corrected chi connectivity index (χ1v) is 6.70. The van der Waals surface area contributed by atoms with E-state index in [1.807, 2.05) is 11.8 Å². The summed E-state index contributed by atoms with van der Waals surface area (Å²) in [4.78, 5) is 0. The molecule has 0 bridgehead atoms. The third-order valence-corrected chi connectivity index (χ3v) is 3.54. The molecule has 0 aromatic rings. The van der Waals surface area contributed by atoms with Crippen LogP contribution in [0.25, 0.3) is 0 Å². The predicted octanol–water partition coefficient (Wildman–Crippen LogP) is 1.46. The summed E-state index contributed by atoms with van der Waals surface area (Å²) in [6, 6.07) is 0.700. The lowest BCUT2D eigenvalue weighted by atomic mass is 9.84. The van der Waals surface area contributed by atoms with Crippen LogP contribution in [-0.4, -0.2) is 31.1 Å². The van der Waals surface area contributed by atoms with Gasteiger partial charge in [-0.05, 0) is 31.6 Å². The zero-order valence-corrected chi connectivity index (χ0v) is 9.41. The van der Waals surface area contributed by atoms with Gasteiger partial charge < -0.3 is 11.1 Å². The van der Waals surface area contributed by atoms with Crippen LogP contribution in [0.2, 0.25) is 0 Å². The molecule has 13 heavy (non-hydrogen) atoms. The molecule has 2 atom stereocenters. The summed E-state index contributed by atoms with van der Waals surface area (Å²) in [5.41, 5.74) is 5.75. The van der Waals surface area contributed by atoms with E-state index in [0.717, 1.165) is 19.0 Å². The third-order valence-electron chi connectivity index (χ3n) is 2.92. The van der Waals surface area contributed by atoms with Crippen LogP contribution in [0.3, 0.4) is 0 Å². The van der Waals surface area contributed by atoms with Crippen molar-refractivity contribution in [3.05, 3.63) is 0 Å². The molecule has 3 N–H and O–H groups in total. The molecular weight excluding hydrogens is 180 g/mol. The second-order valence-corrected chi connectivity index (χ2v) is 4.82. The molecule has 2 unspecified atom stereocenters. The summed E-state index contributed by atoms with van der Waals surface area (Å²) in [6.45, 7) is 2.00. The fourth-order valence-corrected chi connectivity index (χ4v) is 2.43. The zero-order chi connectivity index (χ0) is 9.52. The maximum absolute atomic E-state index is 5.75. The van der Waals surface area contributed by atoms with Gasteiger partial charge >= 0.3 is 0 Å². The van der Waals surface area contributed by atoms with E-state index in [2.05, 4.69) is 11.6 Å². The molecule has 1 aliphatic rings. The summed E-state index contributed by atoms with van der Waals surface area (Å²) >= 11 is 1.91. The van der Waals surface area contributed by atoms with Gasteiger partial charge in [-0.3, -0.25) is 0 Å². The van der Waals surface area contributed by atoms with Gasteiger partial charge in [0.05, 0.1) is 0 Å². The first-order valence-electron chi connectivity index (χ1n) is 5.31. The summed E-state index contributed by atoms with van der Waals surface area (Å²) in [6.07, 6.45) is 7.57. The van der Waals surface area contributed by atoms with Gasteiger partial charge in [-0.15, -0.1) is 0 Å². The predicted molar refractivity (Wildman–Crippen MR) is 61.2 cm³/mol. The average Bonchev–Trinajstić information content (AvgIpc) is 2.19. The minimum Gasteiger partial charge on any atom is -0.330 e. The van der Waals surface area contributed by atoms with Crippen molar-refractivity contribution >= 4 is 11.8 Å². The zero-order valence-electron chi connectivity index (χ0n) is 8.59. The molecule has 0 aliphatic heterocycles. The molecule has 3 heteroatoms. The van der Waals surface area contributed by atoms with Gasteiger partial charge in [-0.25, -0.2) is 0 Å². The Morgan fingerprint density at radius 2 is 2.15 bits per heavy atom. The largest absolute Gasteiger partial charge is 0.330 e. The summed E-state index contributed by atoms with van der Waals surface area (Å²) in [5, 5.41) is 3.62. The van der Waals surface area contributed by atoms with Crippen molar-refractivity contribution in [3.8, 4) is 0 Å². The van der Waals surface area contributed by atoms with E-state index in [0.29, 0.717) is 6.04 Å². The van der Waals surface area contributed by atoms with E-state index in [1.165, 1.54) is 31.4 Å². The summed E-state index contributed by atoms with van der Waals surface area (Å²) in [7, 11) is 0. The van der Waals surface area contributed by atoms with Gasteiger partial charge in [-0.2, -0.15) is 11.8 Å². The van der Waals surface area contributed by atoms with Crippen molar-refractivity contribution in [2.75, 3.05) is 25.1 Å². The minimum absolute atomic E-state index is 0.700. The Morgan fingerprint density at radius 3 is 2.85 bits per heavy atom. The highest BCUT2D eigenvalue weighted by atomic mass is 32.2. The fraction of sp³-hybridized carbons (Fsp3) is 1.00. The summed E-state index contributed by atoms with van der Waals surface area (Å²) < 4.78 is 0. The quantitative estimate of drug-likeness (QED) is 0.663. The van der Waals surface area contributed by atoms with E-state index < -0.39 is 0 Å². The molecule has 0 saturated heterocycles. The molecule has 0 spiro atoms. The molecule has 0 aromatic carbocycles. The molecule has 1 fully saturated rings. The highest BCUT2D eigenvalue weighted by Crippen LogP contribution is 2.23. The molecular formula is C10H22N2S. The topological polar surface area (TPSA) is 38.0 Å². The van der Waals surface area contributed by atoms with Crippen molar-refractivity contribution in [1.82, 2.24) is 5.32 Å². The van der Waals surface area contributed by atoms with Crippen molar-refractivity contribution in [3.63, 3.8) is 0 Å². The average molecular weight is 202 g/mol. The second kappa shape index (κ2) is 6.68. The van der Waals surface area contributed by atoms with E-state index >= 15 is 0 Å². The number of thioether (sulfide) groups is 1. The molecule has 0 radical (unpaired) electrons. The molecule has 0 heterocycles. The van der Waals surface area contributed by atoms with Crippen LogP contribution in [0, 0.1) is 5.92 Å². The maximum Gasteiger partial charge on any atom is 0.0108 e. The van der Waals surface area contributed by atoms with Gasteiger partial charge in [0.1, 0.15) is 0 Å². The number of hydrogen-bond donors (Lipinski definition) is 2. The van der Waals surface area contributed by atoms with Gasteiger partial charge in [-0.1, -0.05) is 12.8 Å². The lowest BCUT2D eigenvalue weighted by Crippen LogP contribution is -2.42. The van der Waals surface area contributed by atoms with E-state index in [4.69, 9.17) is 5.73 Å². The molecule has 1 saturated carbocycles. The molecule has 1 aliphatic carbocycles. The van der Waals surface area contributed by atoms with E-state index in [9.17, 15) is 0 Å². The van der Waals surface area contributed by atoms with Gasteiger partial charge in [0, 0.05) is 18.3 Å². The highest BCUT2D eigenvalue weighted by Gasteiger charge is 2.22. The first kappa shape index (κ1) is 11.3. The molecule has 1 rings (SSSR count). The Morgan fingerprint density at radius 1 is 1.38 bits per heavy atom. The number of hydrogen-bond acceptors (Lipinski definition) is 3. The normalized spacial score (nSPS) is 29.1. The smallest absolute Gasteiger partial charge is 0.0108 e. The van der Waals surface area contributed by atoms with Crippen molar-refractivity contribution in [2.45, 2.75) is 31.7 Å². The van der Waals surface area contributed by atoms with Crippen LogP contribution in [0.4, 0.5) is 0 Å². The van der Waals surface area contributed by atoms with Crippen LogP contribution in [0.5, 0.6) is 0 Å². The van der Waals surface area contributed by atoms with Crippen molar-refractivity contribution < 1.29 is 0 Å². The van der Waals surface area contributed by atoms with Gasteiger partial charge in [0.15, 0.2) is 0 Å². The monoisotopic (exact) mass is 202 g/mol. The van der Waals surface area contributed by atoms with Crippen LogP contribution >= 0.6 is 11.8 Å². The Bertz CT molecular complexity index is 130. The van der Waals surface area contributed by atoms with Gasteiger partial charge in [0.25, 0.3) is 0 Å². The Labute approximate surface area is 86.0 Å². The fourth-order valence-electron chi connectivity index (χ4n) is 2.10. The van der Waals surface area contributed by atoms with Crippen molar-refractivity contribution in [2.24, 2.45) is 11.7 Å². The Balaban J connectivity index is 2.19. The molecule has 2 nitrogen and oxygen atoms in total. The maximum atomic E-state index is 5.75. The minimum atomic E-state index is 0.700. The van der Waals surface area contributed by atoms with Crippen LogP contribution in [0.1, 0.15) is 25.7 Å².